The number of allylic oxidation sites excluding steroid dienone is 3. The van der Waals surface area contributed by atoms with Crippen LogP contribution < -0.4 is 0 Å². The van der Waals surface area contributed by atoms with Gasteiger partial charge in [0.25, 0.3) is 0 Å². The molecule has 0 bridgehead atoms. The topological polar surface area (TPSA) is 21.6 Å². The van der Waals surface area contributed by atoms with Gasteiger partial charge in [0.15, 0.2) is 0 Å². The van der Waals surface area contributed by atoms with Gasteiger partial charge in [-0.1, -0.05) is 32.3 Å². The molecule has 1 heterocycles. The van der Waals surface area contributed by atoms with Crippen LogP contribution in [-0.4, -0.2) is 19.4 Å². The average Bonchev–Trinajstić information content (AvgIpc) is 3.29. The predicted molar refractivity (Wildman–Crippen MR) is 102 cm³/mol. The number of nitrogens with zero attached hydrogens (tertiary/aromatic N) is 1. The van der Waals surface area contributed by atoms with E-state index in [1.54, 1.807) is 5.57 Å². The SMILES string of the molecule is C/C=C/C=N\C=C(/CC1CCCCC1CCC1COC1)C1(C)CC1. The highest BCUT2D eigenvalue weighted by molar-refractivity contribution is 5.71. The van der Waals surface area contributed by atoms with Crippen LogP contribution in [0.4, 0.5) is 0 Å². The van der Waals surface area contributed by atoms with Crippen LogP contribution in [0.1, 0.15) is 71.6 Å². The van der Waals surface area contributed by atoms with Gasteiger partial charge in [-0.05, 0) is 74.3 Å². The lowest BCUT2D eigenvalue weighted by molar-refractivity contribution is -0.0396. The monoisotopic (exact) mass is 329 g/mol. The van der Waals surface area contributed by atoms with Crippen molar-refractivity contribution in [2.45, 2.75) is 71.6 Å². The molecule has 3 rings (SSSR count). The average molecular weight is 330 g/mol. The van der Waals surface area contributed by atoms with Crippen molar-refractivity contribution >= 4 is 6.21 Å². The summed E-state index contributed by atoms with van der Waals surface area (Å²) in [5.41, 5.74) is 2.07. The molecule has 0 N–H and O–H groups in total. The maximum absolute atomic E-state index is 5.35. The van der Waals surface area contributed by atoms with E-state index >= 15 is 0 Å². The molecule has 0 aromatic heterocycles. The van der Waals surface area contributed by atoms with Crippen molar-refractivity contribution in [1.82, 2.24) is 0 Å². The number of aliphatic imine (C=N–C) groups is 1. The molecule has 0 radical (unpaired) electrons. The summed E-state index contributed by atoms with van der Waals surface area (Å²) in [7, 11) is 0. The number of hydrogen-bond acceptors (Lipinski definition) is 2. The maximum atomic E-state index is 5.35. The molecule has 0 spiro atoms. The molecule has 2 aliphatic carbocycles. The molecule has 1 aliphatic heterocycles. The minimum absolute atomic E-state index is 0.455. The third-order valence-corrected chi connectivity index (χ3v) is 6.57. The minimum atomic E-state index is 0.455. The first kappa shape index (κ1) is 17.9. The van der Waals surface area contributed by atoms with Crippen LogP contribution in [0.3, 0.4) is 0 Å². The Morgan fingerprint density at radius 3 is 2.50 bits per heavy atom. The Balaban J connectivity index is 1.60. The van der Waals surface area contributed by atoms with Crippen molar-refractivity contribution in [2.75, 3.05) is 13.2 Å². The van der Waals surface area contributed by atoms with Crippen molar-refractivity contribution in [2.24, 2.45) is 28.2 Å². The van der Waals surface area contributed by atoms with E-state index in [2.05, 4.69) is 18.1 Å². The molecule has 2 nitrogen and oxygen atoms in total. The molecular formula is C22H35NO. The van der Waals surface area contributed by atoms with E-state index in [0.29, 0.717) is 5.41 Å². The summed E-state index contributed by atoms with van der Waals surface area (Å²) in [6, 6.07) is 0. The Kier molecular flexibility index (Phi) is 6.32. The lowest BCUT2D eigenvalue weighted by Gasteiger charge is -2.35. The van der Waals surface area contributed by atoms with Gasteiger partial charge < -0.3 is 4.74 Å². The Morgan fingerprint density at radius 1 is 1.12 bits per heavy atom. The zero-order chi connectivity index (χ0) is 16.8. The number of hydrogen-bond donors (Lipinski definition) is 0. The van der Waals surface area contributed by atoms with Crippen LogP contribution in [0.5, 0.6) is 0 Å². The van der Waals surface area contributed by atoms with Gasteiger partial charge in [0.2, 0.25) is 0 Å². The van der Waals surface area contributed by atoms with Gasteiger partial charge in [0.1, 0.15) is 0 Å². The highest BCUT2D eigenvalue weighted by Gasteiger charge is 2.42. The minimum Gasteiger partial charge on any atom is -0.381 e. The van der Waals surface area contributed by atoms with Crippen LogP contribution in [0, 0.1) is 23.2 Å². The van der Waals surface area contributed by atoms with Crippen molar-refractivity contribution in [1.29, 1.82) is 0 Å². The molecule has 2 heteroatoms. The van der Waals surface area contributed by atoms with Crippen LogP contribution >= 0.6 is 0 Å². The van der Waals surface area contributed by atoms with Gasteiger partial charge in [0.05, 0.1) is 13.2 Å². The Morgan fingerprint density at radius 2 is 1.88 bits per heavy atom. The summed E-state index contributed by atoms with van der Waals surface area (Å²) < 4.78 is 5.35. The largest absolute Gasteiger partial charge is 0.381 e. The summed E-state index contributed by atoms with van der Waals surface area (Å²) in [6.45, 7) is 6.51. The molecule has 2 saturated carbocycles. The highest BCUT2D eigenvalue weighted by Crippen LogP contribution is 2.54. The summed E-state index contributed by atoms with van der Waals surface area (Å²) in [5, 5.41) is 0. The van der Waals surface area contributed by atoms with E-state index in [0.717, 1.165) is 31.0 Å². The second kappa shape index (κ2) is 8.47. The zero-order valence-corrected chi connectivity index (χ0v) is 15.7. The first-order valence-corrected chi connectivity index (χ1v) is 10.1. The van der Waals surface area contributed by atoms with E-state index in [9.17, 15) is 0 Å². The molecule has 134 valence electrons. The first-order valence-electron chi connectivity index (χ1n) is 10.1. The first-order chi connectivity index (χ1) is 11.7. The van der Waals surface area contributed by atoms with E-state index < -0.39 is 0 Å². The molecule has 0 amide bonds. The molecule has 2 unspecified atom stereocenters. The smallest absolute Gasteiger partial charge is 0.0516 e. The molecule has 1 saturated heterocycles. The fourth-order valence-corrected chi connectivity index (χ4v) is 4.35. The normalized spacial score (nSPS) is 30.8. The number of ether oxygens (including phenoxy) is 1. The van der Waals surface area contributed by atoms with Crippen molar-refractivity contribution in [3.05, 3.63) is 23.9 Å². The molecule has 0 aromatic rings. The van der Waals surface area contributed by atoms with Crippen LogP contribution in [0.2, 0.25) is 0 Å². The third kappa shape index (κ3) is 4.81. The quantitative estimate of drug-likeness (QED) is 0.505. The predicted octanol–water partition coefficient (Wildman–Crippen LogP) is 5.94. The van der Waals surface area contributed by atoms with Gasteiger partial charge in [-0.2, -0.15) is 0 Å². The van der Waals surface area contributed by atoms with Crippen LogP contribution in [-0.2, 0) is 4.74 Å². The van der Waals surface area contributed by atoms with Gasteiger partial charge in [-0.3, -0.25) is 4.99 Å². The molecule has 2 atom stereocenters. The highest BCUT2D eigenvalue weighted by atomic mass is 16.5. The lowest BCUT2D eigenvalue weighted by atomic mass is 9.72. The molecular weight excluding hydrogens is 294 g/mol. The van der Waals surface area contributed by atoms with Gasteiger partial charge in [-0.25, -0.2) is 0 Å². The number of rotatable bonds is 8. The van der Waals surface area contributed by atoms with E-state index in [1.165, 1.54) is 57.8 Å². The van der Waals surface area contributed by atoms with Crippen LogP contribution in [0.25, 0.3) is 0 Å². The van der Waals surface area contributed by atoms with Gasteiger partial charge in [0, 0.05) is 18.3 Å². The summed E-state index contributed by atoms with van der Waals surface area (Å²) in [4.78, 5) is 4.56. The Labute approximate surface area is 148 Å². The third-order valence-electron chi connectivity index (χ3n) is 6.57. The van der Waals surface area contributed by atoms with Crippen molar-refractivity contribution < 1.29 is 4.74 Å². The van der Waals surface area contributed by atoms with Crippen LogP contribution in [0.15, 0.2) is 28.9 Å². The standard InChI is InChI=1S/C22H35NO/c1-3-4-13-23-15-21(22(2)11-12-22)14-20-8-6-5-7-19(20)10-9-18-16-24-17-18/h3-4,13,15,18-20H,5-12,14,16-17H2,1-2H3/b4-3+,21-15+,23-13-. The fourth-order valence-electron chi connectivity index (χ4n) is 4.35. The Hall–Kier alpha value is -0.890. The van der Waals surface area contributed by atoms with Crippen molar-refractivity contribution in [3.8, 4) is 0 Å². The second-order valence-electron chi connectivity index (χ2n) is 8.53. The van der Waals surface area contributed by atoms with Gasteiger partial charge in [-0.15, -0.1) is 0 Å². The van der Waals surface area contributed by atoms with E-state index in [4.69, 9.17) is 4.74 Å². The Bertz CT molecular complexity index is 482. The lowest BCUT2D eigenvalue weighted by Crippen LogP contribution is -2.29. The van der Waals surface area contributed by atoms with Crippen molar-refractivity contribution in [3.63, 3.8) is 0 Å². The molecule has 3 fully saturated rings. The summed E-state index contributed by atoms with van der Waals surface area (Å²) in [5.74, 6) is 2.68. The summed E-state index contributed by atoms with van der Waals surface area (Å²) in [6.07, 6.45) is 20.7. The molecule has 0 aromatic carbocycles. The second-order valence-corrected chi connectivity index (χ2v) is 8.53. The maximum Gasteiger partial charge on any atom is 0.0516 e. The molecule has 24 heavy (non-hydrogen) atoms. The fraction of sp³-hybridized carbons (Fsp3) is 0.773. The van der Waals surface area contributed by atoms with E-state index in [1.807, 2.05) is 25.3 Å². The molecule has 3 aliphatic rings. The summed E-state index contributed by atoms with van der Waals surface area (Å²) >= 11 is 0. The van der Waals surface area contributed by atoms with E-state index in [-0.39, 0.29) is 0 Å². The zero-order valence-electron chi connectivity index (χ0n) is 15.7. The van der Waals surface area contributed by atoms with Gasteiger partial charge >= 0.3 is 0 Å².